The van der Waals surface area contributed by atoms with Crippen LogP contribution in [0.3, 0.4) is 0 Å². The second-order valence-corrected chi connectivity index (χ2v) is 4.27. The molecule has 0 aliphatic heterocycles. The van der Waals surface area contributed by atoms with Gasteiger partial charge >= 0.3 is 0 Å². The van der Waals surface area contributed by atoms with Crippen LogP contribution in [0.25, 0.3) is 0 Å². The minimum absolute atomic E-state index is 0.0597. The first-order valence-corrected chi connectivity index (χ1v) is 6.27. The van der Waals surface area contributed by atoms with Gasteiger partial charge in [-0.2, -0.15) is 5.26 Å². The Bertz CT molecular complexity index is 417. The molecule has 0 saturated carbocycles. The molecule has 0 bridgehead atoms. The molecule has 1 aromatic carbocycles. The average Bonchev–Trinajstić information content (AvgIpc) is 2.39. The third-order valence-corrected chi connectivity index (χ3v) is 3.08. The lowest BCUT2D eigenvalue weighted by atomic mass is 9.89. The molecule has 2 nitrogen and oxygen atoms in total. The van der Waals surface area contributed by atoms with Crippen molar-refractivity contribution < 1.29 is 4.79 Å². The van der Waals surface area contributed by atoms with Crippen LogP contribution in [0.1, 0.15) is 55.5 Å². The molecule has 17 heavy (non-hydrogen) atoms. The summed E-state index contributed by atoms with van der Waals surface area (Å²) in [4.78, 5) is 12.3. The van der Waals surface area contributed by atoms with Crippen LogP contribution >= 0.6 is 0 Å². The number of unbranched alkanes of at least 4 members (excludes halogenated alkanes) is 1. The maximum absolute atomic E-state index is 12.3. The average molecular weight is 229 g/mol. The molecular formula is C15H19NO. The van der Waals surface area contributed by atoms with Gasteiger partial charge in [-0.05, 0) is 18.9 Å². The number of hydrogen-bond acceptors (Lipinski definition) is 2. The second kappa shape index (κ2) is 6.85. The summed E-state index contributed by atoms with van der Waals surface area (Å²) in [5, 5.41) is 9.00. The standard InChI is InChI=1S/C15H19NO/c1-3-5-8-12(4-2)15(17)14-10-7-6-9-13(14)11-16/h6-7,9-10,12H,3-5,8H2,1-2H3. The topological polar surface area (TPSA) is 40.9 Å². The van der Waals surface area contributed by atoms with Gasteiger partial charge in [-0.3, -0.25) is 4.79 Å². The van der Waals surface area contributed by atoms with Crippen LogP contribution in [0.4, 0.5) is 0 Å². The van der Waals surface area contributed by atoms with Gasteiger partial charge < -0.3 is 0 Å². The van der Waals surface area contributed by atoms with Crippen molar-refractivity contribution in [1.29, 1.82) is 5.26 Å². The first-order chi connectivity index (χ1) is 8.24. The largest absolute Gasteiger partial charge is 0.294 e. The lowest BCUT2D eigenvalue weighted by Crippen LogP contribution is -2.15. The van der Waals surface area contributed by atoms with Crippen molar-refractivity contribution in [2.24, 2.45) is 5.92 Å². The monoisotopic (exact) mass is 229 g/mol. The van der Waals surface area contributed by atoms with Gasteiger partial charge in [0, 0.05) is 11.5 Å². The number of rotatable bonds is 6. The summed E-state index contributed by atoms with van der Waals surface area (Å²) in [5.41, 5.74) is 1.07. The molecule has 0 heterocycles. The molecule has 0 aliphatic rings. The third kappa shape index (κ3) is 3.42. The summed E-state index contributed by atoms with van der Waals surface area (Å²) in [7, 11) is 0. The van der Waals surface area contributed by atoms with E-state index in [1.165, 1.54) is 0 Å². The highest BCUT2D eigenvalue weighted by Gasteiger charge is 2.19. The molecule has 1 atom stereocenters. The van der Waals surface area contributed by atoms with Gasteiger partial charge in [0.15, 0.2) is 5.78 Å². The van der Waals surface area contributed by atoms with Gasteiger partial charge in [-0.15, -0.1) is 0 Å². The number of nitrogens with zero attached hydrogens (tertiary/aromatic N) is 1. The normalized spacial score (nSPS) is 11.8. The van der Waals surface area contributed by atoms with Crippen molar-refractivity contribution in [3.05, 3.63) is 35.4 Å². The summed E-state index contributed by atoms with van der Waals surface area (Å²) >= 11 is 0. The van der Waals surface area contributed by atoms with Crippen LogP contribution in [-0.2, 0) is 0 Å². The van der Waals surface area contributed by atoms with Crippen LogP contribution in [0.2, 0.25) is 0 Å². The molecule has 0 aliphatic carbocycles. The Balaban J connectivity index is 2.90. The first kappa shape index (κ1) is 13.4. The van der Waals surface area contributed by atoms with Gasteiger partial charge in [0.05, 0.1) is 11.6 Å². The smallest absolute Gasteiger partial charge is 0.167 e. The lowest BCUT2D eigenvalue weighted by molar-refractivity contribution is 0.0908. The molecule has 0 saturated heterocycles. The molecule has 0 fully saturated rings. The molecule has 0 amide bonds. The molecule has 2 heteroatoms. The molecule has 0 radical (unpaired) electrons. The van der Waals surface area contributed by atoms with Crippen molar-refractivity contribution in [2.45, 2.75) is 39.5 Å². The Labute approximate surface area is 103 Å². The van der Waals surface area contributed by atoms with Crippen molar-refractivity contribution in [2.75, 3.05) is 0 Å². The summed E-state index contributed by atoms with van der Waals surface area (Å²) in [6.07, 6.45) is 3.94. The second-order valence-electron chi connectivity index (χ2n) is 4.27. The van der Waals surface area contributed by atoms with E-state index >= 15 is 0 Å². The summed E-state index contributed by atoms with van der Waals surface area (Å²) < 4.78 is 0. The van der Waals surface area contributed by atoms with E-state index < -0.39 is 0 Å². The number of carbonyl (C=O) groups excluding carboxylic acids is 1. The predicted molar refractivity (Wildman–Crippen MR) is 68.8 cm³/mol. The van der Waals surface area contributed by atoms with Crippen molar-refractivity contribution >= 4 is 5.78 Å². The van der Waals surface area contributed by atoms with E-state index in [1.807, 2.05) is 13.0 Å². The zero-order valence-corrected chi connectivity index (χ0v) is 10.6. The van der Waals surface area contributed by atoms with Crippen LogP contribution in [-0.4, -0.2) is 5.78 Å². The summed E-state index contributed by atoms with van der Waals surface area (Å²) in [5.74, 6) is 0.183. The van der Waals surface area contributed by atoms with E-state index in [4.69, 9.17) is 5.26 Å². The number of benzene rings is 1. The van der Waals surface area contributed by atoms with Crippen LogP contribution in [0.5, 0.6) is 0 Å². The van der Waals surface area contributed by atoms with Crippen molar-refractivity contribution in [1.82, 2.24) is 0 Å². The van der Waals surface area contributed by atoms with Gasteiger partial charge in [0.25, 0.3) is 0 Å². The van der Waals surface area contributed by atoms with E-state index in [9.17, 15) is 4.79 Å². The minimum Gasteiger partial charge on any atom is -0.294 e. The summed E-state index contributed by atoms with van der Waals surface area (Å²) in [6.45, 7) is 4.16. The Morgan fingerprint density at radius 2 is 2.06 bits per heavy atom. The molecular weight excluding hydrogens is 210 g/mol. The van der Waals surface area contributed by atoms with Gasteiger partial charge in [0.1, 0.15) is 0 Å². The molecule has 1 aromatic rings. The number of carbonyl (C=O) groups is 1. The third-order valence-electron chi connectivity index (χ3n) is 3.08. The Morgan fingerprint density at radius 3 is 2.65 bits per heavy atom. The molecule has 90 valence electrons. The Hall–Kier alpha value is -1.62. The highest BCUT2D eigenvalue weighted by atomic mass is 16.1. The van der Waals surface area contributed by atoms with Crippen LogP contribution in [0.15, 0.2) is 24.3 Å². The number of nitriles is 1. The Morgan fingerprint density at radius 1 is 1.35 bits per heavy atom. The maximum Gasteiger partial charge on any atom is 0.167 e. The van der Waals surface area contributed by atoms with E-state index in [0.717, 1.165) is 25.7 Å². The van der Waals surface area contributed by atoms with E-state index in [1.54, 1.807) is 18.2 Å². The molecule has 0 spiro atoms. The fraction of sp³-hybridized carbons (Fsp3) is 0.467. The zero-order valence-electron chi connectivity index (χ0n) is 10.6. The van der Waals surface area contributed by atoms with Crippen molar-refractivity contribution in [3.63, 3.8) is 0 Å². The number of Topliss-reactive ketones (excluding diaryl/α,β-unsaturated/α-hetero) is 1. The molecule has 1 rings (SSSR count). The van der Waals surface area contributed by atoms with E-state index in [0.29, 0.717) is 11.1 Å². The van der Waals surface area contributed by atoms with Crippen molar-refractivity contribution in [3.8, 4) is 6.07 Å². The SMILES string of the molecule is CCCCC(CC)C(=O)c1ccccc1C#N. The molecule has 0 aromatic heterocycles. The van der Waals surface area contributed by atoms with Crippen LogP contribution < -0.4 is 0 Å². The van der Waals surface area contributed by atoms with Gasteiger partial charge in [-0.1, -0.05) is 44.9 Å². The quantitative estimate of drug-likeness (QED) is 0.693. The number of ketones is 1. The molecule has 0 N–H and O–H groups in total. The maximum atomic E-state index is 12.3. The fourth-order valence-electron chi connectivity index (χ4n) is 1.99. The highest BCUT2D eigenvalue weighted by molar-refractivity contribution is 5.99. The lowest BCUT2D eigenvalue weighted by Gasteiger charge is -2.13. The number of hydrogen-bond donors (Lipinski definition) is 0. The predicted octanol–water partition coefficient (Wildman–Crippen LogP) is 3.96. The minimum atomic E-state index is 0.0597. The zero-order chi connectivity index (χ0) is 12.7. The Kier molecular flexibility index (Phi) is 5.42. The van der Waals surface area contributed by atoms with E-state index in [2.05, 4.69) is 13.0 Å². The fourth-order valence-corrected chi connectivity index (χ4v) is 1.99. The van der Waals surface area contributed by atoms with Gasteiger partial charge in [-0.25, -0.2) is 0 Å². The van der Waals surface area contributed by atoms with E-state index in [-0.39, 0.29) is 11.7 Å². The van der Waals surface area contributed by atoms with Crippen LogP contribution in [0, 0.1) is 17.2 Å². The van der Waals surface area contributed by atoms with Gasteiger partial charge in [0.2, 0.25) is 0 Å². The molecule has 1 unspecified atom stereocenters. The highest BCUT2D eigenvalue weighted by Crippen LogP contribution is 2.20. The summed E-state index contributed by atoms with van der Waals surface area (Å²) in [6, 6.07) is 9.17. The first-order valence-electron chi connectivity index (χ1n) is 6.27.